The van der Waals surface area contributed by atoms with Crippen LogP contribution < -0.4 is 18.4 Å². The number of pyridine rings is 3. The number of ether oxygens (including phenoxy) is 1. The molecule has 0 amide bonds. The molecule has 0 fully saturated rings. The van der Waals surface area contributed by atoms with Gasteiger partial charge >= 0.3 is 11.7 Å². The van der Waals surface area contributed by atoms with Gasteiger partial charge in [0.05, 0.1) is 11.5 Å². The van der Waals surface area contributed by atoms with Crippen molar-refractivity contribution in [2.45, 2.75) is 31.5 Å². The summed E-state index contributed by atoms with van der Waals surface area (Å²) in [5, 5.41) is 0. The fourth-order valence-corrected chi connectivity index (χ4v) is 5.85. The smallest absolute Gasteiger partial charge is 0.404 e. The van der Waals surface area contributed by atoms with Crippen molar-refractivity contribution >= 4 is 0 Å². The molecule has 3 aliphatic heterocycles. The summed E-state index contributed by atoms with van der Waals surface area (Å²) in [4.78, 5) is 0. The summed E-state index contributed by atoms with van der Waals surface area (Å²) in [6, 6.07) is 26.0. The van der Waals surface area contributed by atoms with E-state index in [4.69, 9.17) is 4.74 Å². The molecule has 7 rings (SSSR count). The van der Waals surface area contributed by atoms with E-state index in [9.17, 15) is 0 Å². The highest BCUT2D eigenvalue weighted by Gasteiger charge is 2.75. The third-order valence-corrected chi connectivity index (χ3v) is 7.07. The van der Waals surface area contributed by atoms with Crippen LogP contribution in [0, 0.1) is 0 Å². The molecule has 1 spiro atoms. The average molecular weight is 392 g/mol. The van der Waals surface area contributed by atoms with Crippen LogP contribution in [0.2, 0.25) is 0 Å². The maximum absolute atomic E-state index is 6.47. The molecule has 4 aromatic rings. The predicted molar refractivity (Wildman–Crippen MR) is 109 cm³/mol. The summed E-state index contributed by atoms with van der Waals surface area (Å²) < 4.78 is 13.8. The SMILES string of the molecule is CC1(C)c2cccc3c2C2([n+]4ccccc4Cc4cccc1[n+]42)[n+]1ccccc1O3. The van der Waals surface area contributed by atoms with E-state index in [-0.39, 0.29) is 5.41 Å². The number of nitrogens with zero attached hydrogens (tertiary/aromatic N) is 3. The molecular weight excluding hydrogens is 370 g/mol. The minimum absolute atomic E-state index is 0.145. The summed E-state index contributed by atoms with van der Waals surface area (Å²) in [5.74, 6) is 1.21. The third kappa shape index (κ3) is 1.65. The van der Waals surface area contributed by atoms with Gasteiger partial charge in [-0.05, 0) is 42.2 Å². The zero-order valence-corrected chi connectivity index (χ0v) is 17.0. The number of hydrogen-bond donors (Lipinski definition) is 0. The zero-order valence-electron chi connectivity index (χ0n) is 17.0. The van der Waals surface area contributed by atoms with Crippen LogP contribution in [-0.4, -0.2) is 0 Å². The molecule has 0 N–H and O–H groups in total. The van der Waals surface area contributed by atoms with E-state index < -0.39 is 5.79 Å². The normalized spacial score (nSPS) is 20.9. The molecule has 1 aromatic carbocycles. The Morgan fingerprint density at radius 2 is 1.53 bits per heavy atom. The van der Waals surface area contributed by atoms with Gasteiger partial charge in [0.15, 0.2) is 18.1 Å². The van der Waals surface area contributed by atoms with Gasteiger partial charge in [-0.2, -0.15) is 0 Å². The second kappa shape index (κ2) is 5.14. The Morgan fingerprint density at radius 3 is 2.43 bits per heavy atom. The van der Waals surface area contributed by atoms with Crippen LogP contribution in [0.3, 0.4) is 0 Å². The van der Waals surface area contributed by atoms with Crippen molar-refractivity contribution in [1.29, 1.82) is 0 Å². The minimum Gasteiger partial charge on any atom is -0.404 e. The van der Waals surface area contributed by atoms with Gasteiger partial charge in [-0.1, -0.05) is 27.3 Å². The number of benzene rings is 1. The molecule has 30 heavy (non-hydrogen) atoms. The van der Waals surface area contributed by atoms with Crippen molar-refractivity contribution in [3.05, 3.63) is 113 Å². The highest BCUT2D eigenvalue weighted by Crippen LogP contribution is 2.47. The summed E-state index contributed by atoms with van der Waals surface area (Å²) in [6.45, 7) is 4.65. The Kier molecular flexibility index (Phi) is 2.79. The van der Waals surface area contributed by atoms with Gasteiger partial charge in [-0.25, -0.2) is 0 Å². The van der Waals surface area contributed by atoms with Crippen LogP contribution in [0.25, 0.3) is 0 Å². The molecule has 0 aliphatic carbocycles. The molecule has 1 unspecified atom stereocenters. The largest absolute Gasteiger partial charge is 0.596 e. The van der Waals surface area contributed by atoms with Crippen LogP contribution in [0.1, 0.15) is 42.1 Å². The Morgan fingerprint density at radius 1 is 0.767 bits per heavy atom. The lowest BCUT2D eigenvalue weighted by molar-refractivity contribution is -1.17. The fraction of sp³-hybridized carbons (Fsp3) is 0.192. The second-order valence-electron chi connectivity index (χ2n) is 8.93. The van der Waals surface area contributed by atoms with Crippen LogP contribution in [0.4, 0.5) is 0 Å². The molecule has 3 aliphatic rings. The van der Waals surface area contributed by atoms with Crippen molar-refractivity contribution < 1.29 is 18.4 Å². The van der Waals surface area contributed by atoms with Gasteiger partial charge in [0.25, 0.3) is 0 Å². The predicted octanol–water partition coefficient (Wildman–Crippen LogP) is 2.95. The standard InChI is InChI=1S/C26H22N3O/c1-25(2)20-11-8-12-21-24(20)26(28-16-6-4-14-23(28)30-21)27-15-5-3-9-18(27)17-19-10-7-13-22(25)29(19)26/h3-16H,17H2,1-2H3/q+3. The molecule has 144 valence electrons. The van der Waals surface area contributed by atoms with E-state index in [0.29, 0.717) is 0 Å². The van der Waals surface area contributed by atoms with Gasteiger partial charge in [-0.15, -0.1) is 0 Å². The molecule has 6 heterocycles. The maximum Gasteiger partial charge on any atom is 0.596 e. The van der Waals surface area contributed by atoms with Gasteiger partial charge < -0.3 is 4.74 Å². The van der Waals surface area contributed by atoms with Crippen LogP contribution in [0.5, 0.6) is 11.6 Å². The molecule has 1 atom stereocenters. The third-order valence-electron chi connectivity index (χ3n) is 7.07. The average Bonchev–Trinajstić information content (AvgIpc) is 2.77. The Labute approximate surface area is 175 Å². The van der Waals surface area contributed by atoms with Crippen molar-refractivity contribution in [2.75, 3.05) is 0 Å². The number of fused-ring (bicyclic) bond motifs is 2. The van der Waals surface area contributed by atoms with E-state index in [2.05, 4.69) is 107 Å². The van der Waals surface area contributed by atoms with E-state index in [1.165, 1.54) is 28.2 Å². The lowest BCUT2D eigenvalue weighted by Crippen LogP contribution is -2.93. The van der Waals surface area contributed by atoms with Crippen LogP contribution >= 0.6 is 0 Å². The second-order valence-corrected chi connectivity index (χ2v) is 8.93. The van der Waals surface area contributed by atoms with E-state index in [1.54, 1.807) is 0 Å². The molecule has 0 radical (unpaired) electrons. The van der Waals surface area contributed by atoms with Gasteiger partial charge in [0.1, 0.15) is 6.42 Å². The number of rotatable bonds is 0. The van der Waals surface area contributed by atoms with Gasteiger partial charge in [0.2, 0.25) is 22.6 Å². The lowest BCUT2D eigenvalue weighted by Gasteiger charge is -2.38. The molecule has 4 heteroatoms. The van der Waals surface area contributed by atoms with Crippen molar-refractivity contribution in [2.24, 2.45) is 0 Å². The van der Waals surface area contributed by atoms with Crippen molar-refractivity contribution in [3.8, 4) is 11.6 Å². The van der Waals surface area contributed by atoms with Gasteiger partial charge in [-0.3, -0.25) is 0 Å². The van der Waals surface area contributed by atoms with Crippen LogP contribution in [-0.2, 0) is 17.6 Å². The first-order valence-corrected chi connectivity index (χ1v) is 10.5. The Hall–Kier alpha value is -3.53. The van der Waals surface area contributed by atoms with Crippen molar-refractivity contribution in [3.63, 3.8) is 0 Å². The van der Waals surface area contributed by atoms with E-state index in [0.717, 1.165) is 18.1 Å². The first-order chi connectivity index (χ1) is 14.6. The molecule has 3 aromatic heterocycles. The first-order valence-electron chi connectivity index (χ1n) is 10.5. The lowest BCUT2D eigenvalue weighted by atomic mass is 9.72. The minimum atomic E-state index is -0.572. The summed E-state index contributed by atoms with van der Waals surface area (Å²) >= 11 is 0. The fourth-order valence-electron chi connectivity index (χ4n) is 5.85. The summed E-state index contributed by atoms with van der Waals surface area (Å²) in [5.41, 5.74) is 6.31. The molecule has 0 saturated carbocycles. The van der Waals surface area contributed by atoms with Gasteiger partial charge in [0, 0.05) is 30.3 Å². The monoisotopic (exact) mass is 392 g/mol. The number of hydrogen-bond acceptors (Lipinski definition) is 1. The Bertz CT molecular complexity index is 1280. The highest BCUT2D eigenvalue weighted by atomic mass is 16.5. The van der Waals surface area contributed by atoms with E-state index in [1.807, 2.05) is 6.07 Å². The summed E-state index contributed by atoms with van der Waals surface area (Å²) in [6.07, 6.45) is 5.26. The molecular formula is C26H22N3O+3. The molecule has 4 nitrogen and oxygen atoms in total. The van der Waals surface area contributed by atoms with Crippen molar-refractivity contribution in [1.82, 2.24) is 0 Å². The Balaban J connectivity index is 1.79. The van der Waals surface area contributed by atoms with Crippen LogP contribution in [0.15, 0.2) is 85.2 Å². The highest BCUT2D eigenvalue weighted by molar-refractivity contribution is 5.52. The summed E-state index contributed by atoms with van der Waals surface area (Å²) in [7, 11) is 0. The molecule has 0 bridgehead atoms. The zero-order chi connectivity index (χ0) is 20.1. The topological polar surface area (TPSA) is 20.9 Å². The maximum atomic E-state index is 6.47. The van der Waals surface area contributed by atoms with E-state index >= 15 is 0 Å². The first kappa shape index (κ1) is 16.3. The number of aromatic nitrogens is 3. The quantitative estimate of drug-likeness (QED) is 0.364. The molecule has 0 saturated heterocycles.